The van der Waals surface area contributed by atoms with Crippen LogP contribution in [0.25, 0.3) is 0 Å². The highest BCUT2D eigenvalue weighted by Crippen LogP contribution is 2.42. The second-order valence-electron chi connectivity index (χ2n) is 11.0. The van der Waals surface area contributed by atoms with E-state index < -0.39 is 12.0 Å². The van der Waals surface area contributed by atoms with Crippen LogP contribution in [0.2, 0.25) is 10.0 Å². The highest BCUT2D eigenvalue weighted by molar-refractivity contribution is 6.42. The Labute approximate surface area is 261 Å². The SMILES string of the molecule is CCC[C@@H](c1ccccc1)N1Cc2cc3c(cc2C[C@H]1C(=O)O)OC[C@H](c1ccc(OCc2ccc(Cl)c(Cl)c2)cc1)O3. The van der Waals surface area contributed by atoms with Gasteiger partial charge in [-0.3, -0.25) is 9.69 Å². The molecule has 0 bridgehead atoms. The second-order valence-corrected chi connectivity index (χ2v) is 11.9. The molecule has 2 aliphatic rings. The van der Waals surface area contributed by atoms with Crippen LogP contribution in [-0.4, -0.2) is 28.6 Å². The minimum atomic E-state index is -0.804. The number of aliphatic carboxylic acids is 1. The molecule has 43 heavy (non-hydrogen) atoms. The van der Waals surface area contributed by atoms with E-state index >= 15 is 0 Å². The lowest BCUT2D eigenvalue weighted by Gasteiger charge is -2.41. The van der Waals surface area contributed by atoms with Gasteiger partial charge in [0, 0.05) is 12.6 Å². The Morgan fingerprint density at radius 2 is 1.74 bits per heavy atom. The predicted octanol–water partition coefficient (Wildman–Crippen LogP) is 8.44. The number of carboxylic acids is 1. The van der Waals surface area contributed by atoms with Crippen LogP contribution >= 0.6 is 23.2 Å². The van der Waals surface area contributed by atoms with E-state index in [1.807, 2.05) is 60.7 Å². The van der Waals surface area contributed by atoms with Gasteiger partial charge in [0.2, 0.25) is 0 Å². The molecule has 0 unspecified atom stereocenters. The van der Waals surface area contributed by atoms with E-state index in [0.717, 1.165) is 46.4 Å². The Morgan fingerprint density at radius 1 is 0.977 bits per heavy atom. The third-order valence-corrected chi connectivity index (χ3v) is 8.90. The first-order valence-corrected chi connectivity index (χ1v) is 15.3. The molecule has 8 heteroatoms. The Balaban J connectivity index is 1.18. The Hall–Kier alpha value is -3.71. The number of nitrogens with zero attached hydrogens (tertiary/aromatic N) is 1. The van der Waals surface area contributed by atoms with Crippen molar-refractivity contribution in [3.63, 3.8) is 0 Å². The molecular formula is C35H33Cl2NO5. The lowest BCUT2D eigenvalue weighted by atomic mass is 9.89. The minimum Gasteiger partial charge on any atom is -0.489 e. The van der Waals surface area contributed by atoms with Gasteiger partial charge in [-0.15, -0.1) is 0 Å². The number of hydrogen-bond acceptors (Lipinski definition) is 5. The van der Waals surface area contributed by atoms with Gasteiger partial charge in [-0.25, -0.2) is 0 Å². The summed E-state index contributed by atoms with van der Waals surface area (Å²) in [6.07, 6.45) is 1.97. The summed E-state index contributed by atoms with van der Waals surface area (Å²) >= 11 is 12.1. The number of carbonyl (C=O) groups is 1. The smallest absolute Gasteiger partial charge is 0.321 e. The summed E-state index contributed by atoms with van der Waals surface area (Å²) in [5.41, 5.74) is 5.12. The molecule has 2 aliphatic heterocycles. The van der Waals surface area contributed by atoms with Crippen molar-refractivity contribution in [2.24, 2.45) is 0 Å². The first-order valence-electron chi connectivity index (χ1n) is 14.5. The van der Waals surface area contributed by atoms with Gasteiger partial charge in [0.25, 0.3) is 0 Å². The average Bonchev–Trinajstić information content (AvgIpc) is 3.03. The predicted molar refractivity (Wildman–Crippen MR) is 167 cm³/mol. The third kappa shape index (κ3) is 6.47. The summed E-state index contributed by atoms with van der Waals surface area (Å²) in [4.78, 5) is 14.6. The normalized spacial score (nSPS) is 18.5. The topological polar surface area (TPSA) is 68.2 Å². The number of fused-ring (bicyclic) bond motifs is 2. The molecule has 6 rings (SSSR count). The Kier molecular flexibility index (Phi) is 8.80. The molecular weight excluding hydrogens is 585 g/mol. The highest BCUT2D eigenvalue weighted by atomic mass is 35.5. The summed E-state index contributed by atoms with van der Waals surface area (Å²) in [6.45, 7) is 3.40. The first kappa shape index (κ1) is 29.4. The van der Waals surface area contributed by atoms with Crippen LogP contribution < -0.4 is 14.2 Å². The van der Waals surface area contributed by atoms with E-state index in [1.165, 1.54) is 0 Å². The van der Waals surface area contributed by atoms with Gasteiger partial charge in [-0.05, 0) is 77.1 Å². The fraction of sp³-hybridized carbons (Fsp3) is 0.286. The van der Waals surface area contributed by atoms with E-state index in [0.29, 0.717) is 47.7 Å². The molecule has 4 aromatic rings. The van der Waals surface area contributed by atoms with E-state index in [-0.39, 0.29) is 12.1 Å². The molecule has 0 fully saturated rings. The molecule has 0 aliphatic carbocycles. The number of hydrogen-bond donors (Lipinski definition) is 1. The van der Waals surface area contributed by atoms with E-state index in [2.05, 4.69) is 24.0 Å². The van der Waals surface area contributed by atoms with Crippen LogP contribution in [0.5, 0.6) is 17.2 Å². The third-order valence-electron chi connectivity index (χ3n) is 8.17. The molecule has 0 aromatic heterocycles. The largest absolute Gasteiger partial charge is 0.489 e. The Morgan fingerprint density at radius 3 is 2.47 bits per heavy atom. The lowest BCUT2D eigenvalue weighted by Crippen LogP contribution is -2.47. The molecule has 2 heterocycles. The molecule has 222 valence electrons. The minimum absolute atomic E-state index is 0.0128. The van der Waals surface area contributed by atoms with Crippen molar-refractivity contribution in [2.45, 2.75) is 57.5 Å². The van der Waals surface area contributed by atoms with Gasteiger partial charge in [0.05, 0.1) is 10.0 Å². The maximum Gasteiger partial charge on any atom is 0.321 e. The zero-order valence-corrected chi connectivity index (χ0v) is 25.4. The summed E-state index contributed by atoms with van der Waals surface area (Å²) in [6, 6.07) is 26.8. The van der Waals surface area contributed by atoms with Crippen molar-refractivity contribution in [1.29, 1.82) is 0 Å². The number of rotatable bonds is 9. The maximum atomic E-state index is 12.4. The van der Waals surface area contributed by atoms with Crippen molar-refractivity contribution in [3.05, 3.63) is 123 Å². The van der Waals surface area contributed by atoms with E-state index in [4.69, 9.17) is 37.4 Å². The zero-order chi connectivity index (χ0) is 29.9. The molecule has 6 nitrogen and oxygen atoms in total. The molecule has 0 radical (unpaired) electrons. The lowest BCUT2D eigenvalue weighted by molar-refractivity contribution is -0.145. The second kappa shape index (κ2) is 12.9. The van der Waals surface area contributed by atoms with Crippen molar-refractivity contribution in [1.82, 2.24) is 4.90 Å². The number of benzene rings is 4. The maximum absolute atomic E-state index is 12.4. The summed E-state index contributed by atoms with van der Waals surface area (Å²) in [5, 5.41) is 11.2. The number of ether oxygens (including phenoxy) is 3. The standard InChI is InChI=1S/C35H33Cl2NO5/c1-2-6-30(23-7-4-3-5-8-23)38-19-26-18-33-32(17-25(26)16-31(38)35(39)40)42-21-34(43-33)24-10-12-27(13-11-24)41-20-22-9-14-28(36)29(37)15-22/h3-5,7-15,17-18,30-31,34H,2,6,16,19-21H2,1H3,(H,39,40)/t30-,31-,34+/m0/s1. The van der Waals surface area contributed by atoms with E-state index in [9.17, 15) is 9.90 Å². The number of carboxylic acid groups (broad SMARTS) is 1. The first-order chi connectivity index (χ1) is 20.9. The molecule has 0 saturated heterocycles. The van der Waals surface area contributed by atoms with Gasteiger partial charge >= 0.3 is 5.97 Å². The fourth-order valence-corrected chi connectivity index (χ4v) is 6.26. The van der Waals surface area contributed by atoms with Crippen LogP contribution in [-0.2, 0) is 24.4 Å². The Bertz CT molecular complexity index is 1590. The molecule has 0 amide bonds. The van der Waals surface area contributed by atoms with Crippen LogP contribution in [0.15, 0.2) is 84.9 Å². The average molecular weight is 619 g/mol. The van der Waals surface area contributed by atoms with Gasteiger partial charge in [0.1, 0.15) is 25.0 Å². The molecule has 1 N–H and O–H groups in total. The van der Waals surface area contributed by atoms with Crippen LogP contribution in [0.3, 0.4) is 0 Å². The molecule has 0 saturated carbocycles. The van der Waals surface area contributed by atoms with Crippen LogP contribution in [0, 0.1) is 0 Å². The molecule has 4 aromatic carbocycles. The van der Waals surface area contributed by atoms with Crippen molar-refractivity contribution < 1.29 is 24.1 Å². The molecule has 3 atom stereocenters. The zero-order valence-electron chi connectivity index (χ0n) is 23.8. The summed E-state index contributed by atoms with van der Waals surface area (Å²) in [5.74, 6) is 1.26. The van der Waals surface area contributed by atoms with Gasteiger partial charge < -0.3 is 19.3 Å². The summed E-state index contributed by atoms with van der Waals surface area (Å²) in [7, 11) is 0. The fourth-order valence-electron chi connectivity index (χ4n) is 5.94. The van der Waals surface area contributed by atoms with Crippen molar-refractivity contribution in [3.8, 4) is 17.2 Å². The van der Waals surface area contributed by atoms with Gasteiger partial charge in [0.15, 0.2) is 17.6 Å². The van der Waals surface area contributed by atoms with Gasteiger partial charge in [-0.2, -0.15) is 0 Å². The van der Waals surface area contributed by atoms with Gasteiger partial charge in [-0.1, -0.05) is 85.1 Å². The van der Waals surface area contributed by atoms with E-state index in [1.54, 1.807) is 12.1 Å². The van der Waals surface area contributed by atoms with Crippen molar-refractivity contribution >= 4 is 29.2 Å². The molecule has 0 spiro atoms. The van der Waals surface area contributed by atoms with Crippen LogP contribution in [0.1, 0.15) is 59.7 Å². The number of halogens is 2. The highest BCUT2D eigenvalue weighted by Gasteiger charge is 2.37. The van der Waals surface area contributed by atoms with Crippen molar-refractivity contribution in [2.75, 3.05) is 6.61 Å². The quantitative estimate of drug-likeness (QED) is 0.203. The van der Waals surface area contributed by atoms with Crippen LogP contribution in [0.4, 0.5) is 0 Å². The summed E-state index contributed by atoms with van der Waals surface area (Å²) < 4.78 is 18.5. The monoisotopic (exact) mass is 617 g/mol.